The zero-order chi connectivity index (χ0) is 14.2. The van der Waals surface area contributed by atoms with Gasteiger partial charge >= 0.3 is 5.97 Å². The summed E-state index contributed by atoms with van der Waals surface area (Å²) in [4.78, 5) is 12.2. The van der Waals surface area contributed by atoms with Crippen molar-refractivity contribution >= 4 is 5.97 Å². The normalized spacial score (nSPS) is 24.8. The van der Waals surface area contributed by atoms with Crippen molar-refractivity contribution < 1.29 is 19.0 Å². The van der Waals surface area contributed by atoms with Gasteiger partial charge in [0.2, 0.25) is 0 Å². The highest BCUT2D eigenvalue weighted by molar-refractivity contribution is 5.89. The van der Waals surface area contributed by atoms with E-state index in [1.54, 1.807) is 14.2 Å². The number of benzene rings is 1. The van der Waals surface area contributed by atoms with Gasteiger partial charge in [-0.1, -0.05) is 6.92 Å². The van der Waals surface area contributed by atoms with E-state index in [-0.39, 0.29) is 11.9 Å². The molecule has 1 aliphatic rings. The third-order valence-corrected chi connectivity index (χ3v) is 4.03. The molecule has 0 bridgehead atoms. The molecule has 0 aliphatic heterocycles. The maximum atomic E-state index is 12.2. The average molecular weight is 264 g/mol. The molecule has 1 aromatic carbocycles. The van der Waals surface area contributed by atoms with Crippen LogP contribution in [0.15, 0.2) is 12.1 Å². The Morgan fingerprint density at radius 3 is 2.32 bits per heavy atom. The summed E-state index contributed by atoms with van der Waals surface area (Å²) in [6.45, 7) is 4.02. The lowest BCUT2D eigenvalue weighted by Gasteiger charge is -2.21. The fourth-order valence-electron chi connectivity index (χ4n) is 2.91. The largest absolute Gasteiger partial charge is 0.497 e. The second kappa shape index (κ2) is 4.76. The fraction of sp³-hybridized carbons (Fsp3) is 0.533. The molecule has 0 saturated heterocycles. The predicted molar refractivity (Wildman–Crippen MR) is 71.8 cm³/mol. The van der Waals surface area contributed by atoms with Gasteiger partial charge in [-0.3, -0.25) is 4.79 Å². The Labute approximate surface area is 113 Å². The summed E-state index contributed by atoms with van der Waals surface area (Å²) in [7, 11) is 4.65. The molecule has 2 atom stereocenters. The molecule has 1 aromatic rings. The summed E-state index contributed by atoms with van der Waals surface area (Å²) in [6, 6.07) is 3.74. The summed E-state index contributed by atoms with van der Waals surface area (Å²) in [5, 5.41) is 0. The number of hydrogen-bond donors (Lipinski definition) is 0. The molecule has 4 nitrogen and oxygen atoms in total. The van der Waals surface area contributed by atoms with Crippen LogP contribution < -0.4 is 9.47 Å². The van der Waals surface area contributed by atoms with Crippen LogP contribution in [-0.4, -0.2) is 27.3 Å². The van der Waals surface area contributed by atoms with Crippen molar-refractivity contribution in [1.82, 2.24) is 0 Å². The number of carbonyl (C=O) groups excluding carboxylic acids is 1. The molecule has 0 spiro atoms. The number of ether oxygens (including phenoxy) is 3. The first kappa shape index (κ1) is 13.7. The topological polar surface area (TPSA) is 44.8 Å². The van der Waals surface area contributed by atoms with Gasteiger partial charge in [0, 0.05) is 11.6 Å². The number of rotatable bonds is 4. The van der Waals surface area contributed by atoms with Crippen molar-refractivity contribution in [2.45, 2.75) is 25.7 Å². The van der Waals surface area contributed by atoms with Gasteiger partial charge in [0.1, 0.15) is 11.5 Å². The molecule has 2 unspecified atom stereocenters. The van der Waals surface area contributed by atoms with Crippen LogP contribution in [0.25, 0.3) is 0 Å². The maximum absolute atomic E-state index is 12.2. The van der Waals surface area contributed by atoms with Gasteiger partial charge in [-0.15, -0.1) is 0 Å². The smallest absolute Gasteiger partial charge is 0.316 e. The zero-order valence-corrected chi connectivity index (χ0v) is 12.1. The summed E-state index contributed by atoms with van der Waals surface area (Å²) < 4.78 is 15.7. The number of hydrogen-bond acceptors (Lipinski definition) is 4. The van der Waals surface area contributed by atoms with Crippen LogP contribution in [-0.2, 0) is 14.9 Å². The van der Waals surface area contributed by atoms with E-state index in [0.29, 0.717) is 5.75 Å². The van der Waals surface area contributed by atoms with Crippen LogP contribution in [0.3, 0.4) is 0 Å². The molecule has 1 aliphatic carbocycles. The maximum Gasteiger partial charge on any atom is 0.316 e. The first-order chi connectivity index (χ1) is 9.01. The van der Waals surface area contributed by atoms with Gasteiger partial charge in [0.25, 0.3) is 0 Å². The second-order valence-electron chi connectivity index (χ2n) is 5.09. The molecule has 4 heteroatoms. The van der Waals surface area contributed by atoms with E-state index in [2.05, 4.69) is 6.92 Å². The molecule has 0 heterocycles. The van der Waals surface area contributed by atoms with Crippen LogP contribution in [0.2, 0.25) is 0 Å². The van der Waals surface area contributed by atoms with E-state index in [4.69, 9.17) is 14.2 Å². The Morgan fingerprint density at radius 2 is 1.89 bits per heavy atom. The monoisotopic (exact) mass is 264 g/mol. The summed E-state index contributed by atoms with van der Waals surface area (Å²) in [5.74, 6) is 1.49. The zero-order valence-electron chi connectivity index (χ0n) is 12.1. The van der Waals surface area contributed by atoms with E-state index >= 15 is 0 Å². The Hall–Kier alpha value is -1.71. The molecule has 1 saturated carbocycles. The Bertz CT molecular complexity index is 509. The van der Waals surface area contributed by atoms with Gasteiger partial charge in [0.15, 0.2) is 0 Å². The quantitative estimate of drug-likeness (QED) is 0.784. The Balaban J connectivity index is 2.59. The number of carbonyl (C=O) groups is 1. The Morgan fingerprint density at radius 1 is 1.26 bits per heavy atom. The molecule has 0 aromatic heterocycles. The average Bonchev–Trinajstić information content (AvgIpc) is 3.08. The van der Waals surface area contributed by atoms with E-state index in [1.165, 1.54) is 7.11 Å². The number of esters is 1. The van der Waals surface area contributed by atoms with E-state index in [9.17, 15) is 4.79 Å². The van der Waals surface area contributed by atoms with Crippen LogP contribution in [0, 0.1) is 12.8 Å². The van der Waals surface area contributed by atoms with Crippen molar-refractivity contribution in [1.29, 1.82) is 0 Å². The molecular formula is C15H20O4. The van der Waals surface area contributed by atoms with Crippen molar-refractivity contribution in [3.05, 3.63) is 23.3 Å². The lowest BCUT2D eigenvalue weighted by atomic mass is 9.88. The summed E-state index contributed by atoms with van der Waals surface area (Å²) >= 11 is 0. The lowest BCUT2D eigenvalue weighted by molar-refractivity contribution is -0.144. The fourth-order valence-corrected chi connectivity index (χ4v) is 2.91. The van der Waals surface area contributed by atoms with Crippen LogP contribution in [0.1, 0.15) is 24.5 Å². The molecule has 19 heavy (non-hydrogen) atoms. The van der Waals surface area contributed by atoms with Crippen LogP contribution in [0.5, 0.6) is 11.5 Å². The molecular weight excluding hydrogens is 244 g/mol. The third kappa shape index (κ3) is 1.95. The van der Waals surface area contributed by atoms with Crippen molar-refractivity contribution in [2.24, 2.45) is 5.92 Å². The third-order valence-electron chi connectivity index (χ3n) is 4.03. The highest BCUT2D eigenvalue weighted by atomic mass is 16.5. The van der Waals surface area contributed by atoms with Crippen molar-refractivity contribution in [3.63, 3.8) is 0 Å². The molecule has 104 valence electrons. The first-order valence-electron chi connectivity index (χ1n) is 6.32. The highest BCUT2D eigenvalue weighted by Crippen LogP contribution is 2.58. The SMILES string of the molecule is COC(=O)C1(c2c(C)cc(OC)cc2OC)CC1C. The summed E-state index contributed by atoms with van der Waals surface area (Å²) in [5.41, 5.74) is 1.36. The predicted octanol–water partition coefficient (Wildman–Crippen LogP) is 2.46. The molecule has 1 fully saturated rings. The minimum atomic E-state index is -0.559. The van der Waals surface area contributed by atoms with Crippen LogP contribution >= 0.6 is 0 Å². The van der Waals surface area contributed by atoms with E-state index < -0.39 is 5.41 Å². The van der Waals surface area contributed by atoms with Crippen LogP contribution in [0.4, 0.5) is 0 Å². The van der Waals surface area contributed by atoms with Gasteiger partial charge in [-0.25, -0.2) is 0 Å². The number of aryl methyl sites for hydroxylation is 1. The van der Waals surface area contributed by atoms with E-state index in [0.717, 1.165) is 23.3 Å². The van der Waals surface area contributed by atoms with Crippen molar-refractivity contribution in [2.75, 3.05) is 21.3 Å². The molecule has 0 radical (unpaired) electrons. The highest BCUT2D eigenvalue weighted by Gasteiger charge is 2.61. The standard InChI is InChI=1S/C15H20O4/c1-9-6-11(17-3)7-12(18-4)13(9)15(8-10(15)2)14(16)19-5/h6-7,10H,8H2,1-5H3. The van der Waals surface area contributed by atoms with Gasteiger partial charge < -0.3 is 14.2 Å². The first-order valence-corrected chi connectivity index (χ1v) is 6.32. The number of methoxy groups -OCH3 is 3. The molecule has 0 N–H and O–H groups in total. The molecule has 0 amide bonds. The second-order valence-corrected chi connectivity index (χ2v) is 5.09. The lowest BCUT2D eigenvalue weighted by Crippen LogP contribution is -2.25. The molecule has 2 rings (SSSR count). The summed E-state index contributed by atoms with van der Waals surface area (Å²) in [6.07, 6.45) is 0.795. The minimum absolute atomic E-state index is 0.188. The Kier molecular flexibility index (Phi) is 3.43. The van der Waals surface area contributed by atoms with Crippen molar-refractivity contribution in [3.8, 4) is 11.5 Å². The minimum Gasteiger partial charge on any atom is -0.497 e. The van der Waals surface area contributed by atoms with Gasteiger partial charge in [0.05, 0.1) is 26.7 Å². The van der Waals surface area contributed by atoms with E-state index in [1.807, 2.05) is 19.1 Å². The van der Waals surface area contributed by atoms with Gasteiger partial charge in [-0.05, 0) is 30.9 Å². The van der Waals surface area contributed by atoms with Gasteiger partial charge in [-0.2, -0.15) is 0 Å².